The maximum atomic E-state index is 11.8. The molecule has 0 heterocycles. The van der Waals surface area contributed by atoms with Gasteiger partial charge in [-0.1, -0.05) is 12.8 Å². The number of ether oxygens (including phenoxy) is 1. The van der Waals surface area contributed by atoms with Crippen LogP contribution in [0.15, 0.2) is 11.8 Å². The van der Waals surface area contributed by atoms with E-state index in [2.05, 4.69) is 0 Å². The van der Waals surface area contributed by atoms with E-state index in [0.29, 0.717) is 24.2 Å². The zero-order valence-electron chi connectivity index (χ0n) is 8.79. The monoisotopic (exact) mass is 194 g/mol. The van der Waals surface area contributed by atoms with Crippen LogP contribution in [0.3, 0.4) is 0 Å². The van der Waals surface area contributed by atoms with Gasteiger partial charge in [-0.05, 0) is 25.7 Å². The average Bonchev–Trinajstić information content (AvgIpc) is 2.18. The van der Waals surface area contributed by atoms with E-state index < -0.39 is 0 Å². The molecule has 0 aliphatic heterocycles. The summed E-state index contributed by atoms with van der Waals surface area (Å²) in [6.07, 6.45) is 7.54. The van der Waals surface area contributed by atoms with Gasteiger partial charge in [0.25, 0.3) is 0 Å². The molecule has 0 unspecified atom stereocenters. The Morgan fingerprint density at radius 2 is 2.21 bits per heavy atom. The lowest BCUT2D eigenvalue weighted by Crippen LogP contribution is -2.30. The molecule has 1 fully saturated rings. The van der Waals surface area contributed by atoms with Crippen molar-refractivity contribution in [2.24, 2.45) is 11.8 Å². The lowest BCUT2D eigenvalue weighted by atomic mass is 9.72. The minimum Gasteiger partial charge on any atom is -0.498 e. The largest absolute Gasteiger partial charge is 0.498 e. The average molecular weight is 194 g/mol. The van der Waals surface area contributed by atoms with Crippen molar-refractivity contribution < 1.29 is 9.53 Å². The highest BCUT2D eigenvalue weighted by molar-refractivity contribution is 5.93. The summed E-state index contributed by atoms with van der Waals surface area (Å²) in [6.45, 7) is 2.65. The summed E-state index contributed by atoms with van der Waals surface area (Å²) < 4.78 is 5.44. The maximum Gasteiger partial charge on any atom is 0.162 e. The molecule has 2 atom stereocenters. The minimum absolute atomic E-state index is 0.310. The van der Waals surface area contributed by atoms with E-state index in [1.54, 1.807) is 6.08 Å². The van der Waals surface area contributed by atoms with E-state index in [9.17, 15) is 4.79 Å². The Hall–Kier alpha value is -0.790. The first-order valence-corrected chi connectivity index (χ1v) is 5.68. The molecule has 2 aliphatic rings. The van der Waals surface area contributed by atoms with Crippen LogP contribution in [0.25, 0.3) is 0 Å². The van der Waals surface area contributed by atoms with Gasteiger partial charge in [-0.2, -0.15) is 0 Å². The predicted octanol–water partition coefficient (Wildman–Crippen LogP) is 2.69. The maximum absolute atomic E-state index is 11.8. The number of fused-ring (bicyclic) bond motifs is 1. The van der Waals surface area contributed by atoms with Gasteiger partial charge in [-0.25, -0.2) is 0 Å². The molecule has 14 heavy (non-hydrogen) atoms. The third-order valence-corrected chi connectivity index (χ3v) is 3.37. The summed E-state index contributed by atoms with van der Waals surface area (Å²) in [5.41, 5.74) is 0. The summed E-state index contributed by atoms with van der Waals surface area (Å²) in [6, 6.07) is 0. The van der Waals surface area contributed by atoms with E-state index in [1.807, 2.05) is 6.92 Å². The summed E-state index contributed by atoms with van der Waals surface area (Å²) >= 11 is 0. The van der Waals surface area contributed by atoms with Crippen LogP contribution in [0.1, 0.15) is 39.0 Å². The zero-order valence-corrected chi connectivity index (χ0v) is 8.79. The Kier molecular flexibility index (Phi) is 2.90. The first kappa shape index (κ1) is 9.75. The lowest BCUT2D eigenvalue weighted by Gasteiger charge is -2.33. The fraction of sp³-hybridized carbons (Fsp3) is 0.750. The summed E-state index contributed by atoms with van der Waals surface area (Å²) in [5.74, 6) is 2.11. The third-order valence-electron chi connectivity index (χ3n) is 3.37. The van der Waals surface area contributed by atoms with Gasteiger partial charge in [-0.15, -0.1) is 0 Å². The van der Waals surface area contributed by atoms with Crippen LogP contribution < -0.4 is 0 Å². The van der Waals surface area contributed by atoms with Crippen molar-refractivity contribution in [2.75, 3.05) is 6.61 Å². The van der Waals surface area contributed by atoms with Gasteiger partial charge < -0.3 is 4.74 Å². The van der Waals surface area contributed by atoms with Gasteiger partial charge in [0.05, 0.1) is 12.4 Å². The second-order valence-electron chi connectivity index (χ2n) is 4.30. The topological polar surface area (TPSA) is 26.3 Å². The summed E-state index contributed by atoms with van der Waals surface area (Å²) in [4.78, 5) is 11.8. The van der Waals surface area contributed by atoms with Crippen LogP contribution in [-0.2, 0) is 9.53 Å². The summed E-state index contributed by atoms with van der Waals surface area (Å²) in [5, 5.41) is 0. The molecule has 0 aromatic carbocycles. The standard InChI is InChI=1S/C12H18O2/c1-2-14-10-7-9-5-3-4-6-11(9)12(13)8-10/h8-9,11H,2-7H2,1H3/t9-,11-/m1/s1. The van der Waals surface area contributed by atoms with E-state index in [0.717, 1.165) is 18.6 Å². The van der Waals surface area contributed by atoms with Crippen LogP contribution in [-0.4, -0.2) is 12.4 Å². The Morgan fingerprint density at radius 1 is 1.43 bits per heavy atom. The van der Waals surface area contributed by atoms with Crippen molar-refractivity contribution in [3.63, 3.8) is 0 Å². The highest BCUT2D eigenvalue weighted by atomic mass is 16.5. The molecule has 0 saturated heterocycles. The number of ketones is 1. The molecule has 0 N–H and O–H groups in total. The molecule has 2 nitrogen and oxygen atoms in total. The Labute approximate surface area is 85.3 Å². The number of hydrogen-bond acceptors (Lipinski definition) is 2. The van der Waals surface area contributed by atoms with Gasteiger partial charge in [-0.3, -0.25) is 4.79 Å². The van der Waals surface area contributed by atoms with Crippen molar-refractivity contribution in [1.29, 1.82) is 0 Å². The third kappa shape index (κ3) is 1.84. The predicted molar refractivity (Wildman–Crippen MR) is 54.8 cm³/mol. The first-order chi connectivity index (χ1) is 6.81. The number of hydrogen-bond donors (Lipinski definition) is 0. The quantitative estimate of drug-likeness (QED) is 0.675. The molecule has 1 saturated carbocycles. The van der Waals surface area contributed by atoms with E-state index in [1.165, 1.54) is 19.3 Å². The summed E-state index contributed by atoms with van der Waals surface area (Å²) in [7, 11) is 0. The van der Waals surface area contributed by atoms with E-state index >= 15 is 0 Å². The van der Waals surface area contributed by atoms with Crippen molar-refractivity contribution in [1.82, 2.24) is 0 Å². The van der Waals surface area contributed by atoms with Gasteiger partial charge in [0.2, 0.25) is 0 Å². The van der Waals surface area contributed by atoms with E-state index in [4.69, 9.17) is 4.74 Å². The zero-order chi connectivity index (χ0) is 9.97. The number of carbonyl (C=O) groups excluding carboxylic acids is 1. The number of allylic oxidation sites excluding steroid dienone is 2. The van der Waals surface area contributed by atoms with Crippen LogP contribution in [0.2, 0.25) is 0 Å². The van der Waals surface area contributed by atoms with Crippen molar-refractivity contribution in [2.45, 2.75) is 39.0 Å². The minimum atomic E-state index is 0.310. The molecular formula is C12H18O2. The normalized spacial score (nSPS) is 32.1. The molecule has 2 heteroatoms. The van der Waals surface area contributed by atoms with Gasteiger partial charge in [0.1, 0.15) is 0 Å². The number of rotatable bonds is 2. The molecule has 0 spiro atoms. The number of carbonyl (C=O) groups is 1. The fourth-order valence-corrected chi connectivity index (χ4v) is 2.70. The van der Waals surface area contributed by atoms with Crippen LogP contribution in [0.4, 0.5) is 0 Å². The Morgan fingerprint density at radius 3 is 3.00 bits per heavy atom. The van der Waals surface area contributed by atoms with Crippen LogP contribution in [0, 0.1) is 11.8 Å². The molecule has 0 aromatic rings. The molecular weight excluding hydrogens is 176 g/mol. The molecule has 0 bridgehead atoms. The highest BCUT2D eigenvalue weighted by Gasteiger charge is 2.34. The molecule has 0 amide bonds. The van der Waals surface area contributed by atoms with Crippen molar-refractivity contribution >= 4 is 5.78 Å². The molecule has 0 aromatic heterocycles. The van der Waals surface area contributed by atoms with Crippen LogP contribution >= 0.6 is 0 Å². The lowest BCUT2D eigenvalue weighted by molar-refractivity contribution is -0.122. The van der Waals surface area contributed by atoms with Crippen molar-refractivity contribution in [3.05, 3.63) is 11.8 Å². The van der Waals surface area contributed by atoms with Crippen molar-refractivity contribution in [3.8, 4) is 0 Å². The smallest absolute Gasteiger partial charge is 0.162 e. The second kappa shape index (κ2) is 4.16. The van der Waals surface area contributed by atoms with E-state index in [-0.39, 0.29) is 0 Å². The van der Waals surface area contributed by atoms with Gasteiger partial charge in [0.15, 0.2) is 5.78 Å². The van der Waals surface area contributed by atoms with Gasteiger partial charge in [0, 0.05) is 18.4 Å². The SMILES string of the molecule is CCOC1=CC(=O)[C@@H]2CCCC[C@@H]2C1. The highest BCUT2D eigenvalue weighted by Crippen LogP contribution is 2.38. The molecule has 2 aliphatic carbocycles. The van der Waals surface area contributed by atoms with Crippen LogP contribution in [0.5, 0.6) is 0 Å². The fourth-order valence-electron chi connectivity index (χ4n) is 2.70. The molecule has 78 valence electrons. The molecule has 0 radical (unpaired) electrons. The second-order valence-corrected chi connectivity index (χ2v) is 4.30. The Bertz CT molecular complexity index is 255. The van der Waals surface area contributed by atoms with Gasteiger partial charge >= 0.3 is 0 Å². The molecule has 2 rings (SSSR count). The first-order valence-electron chi connectivity index (χ1n) is 5.68. The Balaban J connectivity index is 2.09.